The molecule has 0 unspecified atom stereocenters. The van der Waals surface area contributed by atoms with Crippen molar-refractivity contribution in [2.45, 2.75) is 40.0 Å². The van der Waals surface area contributed by atoms with E-state index in [4.69, 9.17) is 4.42 Å². The highest BCUT2D eigenvalue weighted by Gasteiger charge is 2.24. The molecule has 0 radical (unpaired) electrons. The third-order valence-electron chi connectivity index (χ3n) is 3.88. The number of likely N-dealkylation sites (tertiary alicyclic amines) is 1. The minimum atomic E-state index is -0.116. The van der Waals surface area contributed by atoms with Gasteiger partial charge < -0.3 is 14.6 Å². The molecule has 1 aliphatic rings. The average Bonchev–Trinajstić information content (AvgIpc) is 3.03. The van der Waals surface area contributed by atoms with Gasteiger partial charge in [-0.15, -0.1) is 0 Å². The molecule has 1 amide bonds. The monoisotopic (exact) mass is 293 g/mol. The van der Waals surface area contributed by atoms with Gasteiger partial charge in [-0.05, 0) is 24.8 Å². The Morgan fingerprint density at radius 1 is 1.48 bits per heavy atom. The molecule has 118 valence electrons. The van der Waals surface area contributed by atoms with Gasteiger partial charge in [-0.2, -0.15) is 0 Å². The second-order valence-electron chi connectivity index (χ2n) is 6.74. The first-order valence-corrected chi connectivity index (χ1v) is 7.91. The van der Waals surface area contributed by atoms with E-state index in [9.17, 15) is 4.79 Å². The number of oxazole rings is 1. The predicted octanol–water partition coefficient (Wildman–Crippen LogP) is 2.51. The predicted molar refractivity (Wildman–Crippen MR) is 82.3 cm³/mol. The fraction of sp³-hybridized carbons (Fsp3) is 0.750. The lowest BCUT2D eigenvalue weighted by Gasteiger charge is -2.18. The van der Waals surface area contributed by atoms with Crippen LogP contribution in [0.4, 0.5) is 0 Å². The van der Waals surface area contributed by atoms with Crippen LogP contribution in [-0.4, -0.2) is 42.0 Å². The van der Waals surface area contributed by atoms with E-state index in [1.54, 1.807) is 0 Å². The van der Waals surface area contributed by atoms with Crippen LogP contribution in [0.25, 0.3) is 0 Å². The Balaban J connectivity index is 1.81. The average molecular weight is 293 g/mol. The van der Waals surface area contributed by atoms with Crippen molar-refractivity contribution in [3.05, 3.63) is 17.8 Å². The van der Waals surface area contributed by atoms with E-state index in [1.165, 1.54) is 6.39 Å². The highest BCUT2D eigenvalue weighted by Crippen LogP contribution is 2.19. The Hall–Kier alpha value is -1.36. The molecule has 2 heterocycles. The summed E-state index contributed by atoms with van der Waals surface area (Å²) in [6.07, 6.45) is 2.51. The summed E-state index contributed by atoms with van der Waals surface area (Å²) >= 11 is 0. The van der Waals surface area contributed by atoms with E-state index in [-0.39, 0.29) is 11.8 Å². The standard InChI is InChI=1S/C16H27N3O2/c1-11(2)8-19-6-5-13(9-19)7-17-16(20)14-15(12(3)4)21-10-18-14/h10-13H,5-9H2,1-4H3,(H,17,20)/t13-/m0/s1. The minimum absolute atomic E-state index is 0.116. The molecule has 1 aliphatic heterocycles. The quantitative estimate of drug-likeness (QED) is 0.875. The van der Waals surface area contributed by atoms with Gasteiger partial charge in [-0.3, -0.25) is 4.79 Å². The van der Waals surface area contributed by atoms with Crippen LogP contribution in [0.2, 0.25) is 0 Å². The van der Waals surface area contributed by atoms with E-state index in [0.717, 1.165) is 32.6 Å². The molecule has 1 N–H and O–H groups in total. The van der Waals surface area contributed by atoms with Gasteiger partial charge in [0.05, 0.1) is 0 Å². The van der Waals surface area contributed by atoms with Crippen molar-refractivity contribution in [3.63, 3.8) is 0 Å². The fourth-order valence-corrected chi connectivity index (χ4v) is 2.92. The van der Waals surface area contributed by atoms with Crippen molar-refractivity contribution in [3.8, 4) is 0 Å². The molecule has 1 atom stereocenters. The lowest BCUT2D eigenvalue weighted by Crippen LogP contribution is -2.32. The molecular formula is C16H27N3O2. The number of hydrogen-bond donors (Lipinski definition) is 1. The topological polar surface area (TPSA) is 58.4 Å². The summed E-state index contributed by atoms with van der Waals surface area (Å²) in [5.41, 5.74) is 0.432. The SMILES string of the molecule is CC(C)CN1CC[C@@H](CNC(=O)c2ncoc2C(C)C)C1. The molecule has 1 aromatic rings. The van der Waals surface area contributed by atoms with Crippen LogP contribution in [0, 0.1) is 11.8 Å². The summed E-state index contributed by atoms with van der Waals surface area (Å²) in [7, 11) is 0. The molecule has 1 fully saturated rings. The molecule has 1 saturated heterocycles. The number of carbonyl (C=O) groups excluding carboxylic acids is 1. The van der Waals surface area contributed by atoms with E-state index in [2.05, 4.69) is 29.0 Å². The highest BCUT2D eigenvalue weighted by atomic mass is 16.3. The van der Waals surface area contributed by atoms with Crippen LogP contribution in [0.15, 0.2) is 10.8 Å². The lowest BCUT2D eigenvalue weighted by atomic mass is 10.1. The smallest absolute Gasteiger partial charge is 0.273 e. The van der Waals surface area contributed by atoms with Crippen molar-refractivity contribution in [1.29, 1.82) is 0 Å². The zero-order valence-electron chi connectivity index (χ0n) is 13.6. The zero-order chi connectivity index (χ0) is 15.4. The van der Waals surface area contributed by atoms with E-state index in [0.29, 0.717) is 23.3 Å². The first-order valence-electron chi connectivity index (χ1n) is 7.91. The Labute approximate surface area is 127 Å². The molecule has 0 aliphatic carbocycles. The zero-order valence-corrected chi connectivity index (χ0v) is 13.6. The molecule has 5 heteroatoms. The van der Waals surface area contributed by atoms with Crippen molar-refractivity contribution in [2.24, 2.45) is 11.8 Å². The number of nitrogens with one attached hydrogen (secondary N) is 1. The van der Waals surface area contributed by atoms with Crippen LogP contribution in [0.1, 0.15) is 56.3 Å². The third kappa shape index (κ3) is 4.30. The molecule has 5 nitrogen and oxygen atoms in total. The summed E-state index contributed by atoms with van der Waals surface area (Å²) in [4.78, 5) is 18.7. The van der Waals surface area contributed by atoms with Gasteiger partial charge in [0.1, 0.15) is 5.76 Å². The van der Waals surface area contributed by atoms with Crippen LogP contribution in [-0.2, 0) is 0 Å². The summed E-state index contributed by atoms with van der Waals surface area (Å²) < 4.78 is 5.30. The summed E-state index contributed by atoms with van der Waals surface area (Å²) in [5, 5.41) is 3.01. The molecule has 0 saturated carbocycles. The van der Waals surface area contributed by atoms with Crippen molar-refractivity contribution in [1.82, 2.24) is 15.2 Å². The first-order chi connectivity index (χ1) is 9.97. The van der Waals surface area contributed by atoms with Gasteiger partial charge in [-0.1, -0.05) is 27.7 Å². The Morgan fingerprint density at radius 3 is 2.90 bits per heavy atom. The molecule has 21 heavy (non-hydrogen) atoms. The van der Waals surface area contributed by atoms with Crippen LogP contribution in [0.3, 0.4) is 0 Å². The van der Waals surface area contributed by atoms with Crippen LogP contribution in [0.5, 0.6) is 0 Å². The molecule has 0 bridgehead atoms. The summed E-state index contributed by atoms with van der Waals surface area (Å²) in [6, 6.07) is 0. The first kappa shape index (κ1) is 16.0. The second-order valence-corrected chi connectivity index (χ2v) is 6.74. The maximum Gasteiger partial charge on any atom is 0.273 e. The maximum absolute atomic E-state index is 12.2. The van der Waals surface area contributed by atoms with E-state index < -0.39 is 0 Å². The second kappa shape index (κ2) is 7.07. The summed E-state index contributed by atoms with van der Waals surface area (Å²) in [5.74, 6) is 1.96. The van der Waals surface area contributed by atoms with Gasteiger partial charge in [0.15, 0.2) is 12.1 Å². The minimum Gasteiger partial charge on any atom is -0.447 e. The molecule has 0 spiro atoms. The maximum atomic E-state index is 12.2. The van der Waals surface area contributed by atoms with Crippen molar-refractivity contribution < 1.29 is 9.21 Å². The number of nitrogens with zero attached hydrogens (tertiary/aromatic N) is 2. The number of hydrogen-bond acceptors (Lipinski definition) is 4. The number of aromatic nitrogens is 1. The largest absolute Gasteiger partial charge is 0.447 e. The van der Waals surface area contributed by atoms with Gasteiger partial charge in [0, 0.05) is 25.6 Å². The Bertz CT molecular complexity index is 468. The molecular weight excluding hydrogens is 266 g/mol. The van der Waals surface area contributed by atoms with Crippen LogP contribution >= 0.6 is 0 Å². The lowest BCUT2D eigenvalue weighted by molar-refractivity contribution is 0.0940. The van der Waals surface area contributed by atoms with Gasteiger partial charge >= 0.3 is 0 Å². The highest BCUT2D eigenvalue weighted by molar-refractivity contribution is 5.93. The molecule has 2 rings (SSSR count). The van der Waals surface area contributed by atoms with Gasteiger partial charge in [0.2, 0.25) is 0 Å². The fourth-order valence-electron chi connectivity index (χ4n) is 2.92. The summed E-state index contributed by atoms with van der Waals surface area (Å²) in [6.45, 7) is 12.6. The third-order valence-corrected chi connectivity index (χ3v) is 3.88. The Kier molecular flexibility index (Phi) is 5.39. The number of amides is 1. The van der Waals surface area contributed by atoms with E-state index >= 15 is 0 Å². The normalized spacial score (nSPS) is 19.6. The van der Waals surface area contributed by atoms with Crippen molar-refractivity contribution >= 4 is 5.91 Å². The van der Waals surface area contributed by atoms with E-state index in [1.807, 2.05) is 13.8 Å². The van der Waals surface area contributed by atoms with Crippen molar-refractivity contribution in [2.75, 3.05) is 26.2 Å². The van der Waals surface area contributed by atoms with Gasteiger partial charge in [0.25, 0.3) is 5.91 Å². The number of rotatable bonds is 6. The van der Waals surface area contributed by atoms with Crippen LogP contribution < -0.4 is 5.32 Å². The molecule has 0 aromatic carbocycles. The number of carbonyl (C=O) groups is 1. The van der Waals surface area contributed by atoms with Gasteiger partial charge in [-0.25, -0.2) is 4.98 Å². The Morgan fingerprint density at radius 2 is 2.24 bits per heavy atom. The molecule has 1 aromatic heterocycles.